The molecule has 0 bridgehead atoms. The predicted molar refractivity (Wildman–Crippen MR) is 71.0 cm³/mol. The number of carboxylic acid groups (broad SMARTS) is 1. The molecule has 1 fully saturated rings. The molecule has 0 aromatic heterocycles. The molecule has 1 aliphatic heterocycles. The third-order valence-electron chi connectivity index (χ3n) is 2.64. The number of anilines is 1. The first-order chi connectivity index (χ1) is 9.47. The van der Waals surface area contributed by atoms with Crippen LogP contribution in [0.2, 0.25) is 0 Å². The summed E-state index contributed by atoms with van der Waals surface area (Å²) in [6, 6.07) is 3.30. The van der Waals surface area contributed by atoms with Crippen LogP contribution in [0.4, 0.5) is 10.1 Å². The number of amides is 2. The van der Waals surface area contributed by atoms with E-state index >= 15 is 0 Å². The second-order valence-electron chi connectivity index (χ2n) is 4.12. The lowest BCUT2D eigenvalue weighted by Gasteiger charge is -2.14. The Bertz CT molecular complexity index is 579. The molecule has 0 saturated carbocycles. The van der Waals surface area contributed by atoms with Crippen molar-refractivity contribution in [2.24, 2.45) is 0 Å². The predicted octanol–water partition coefficient (Wildman–Crippen LogP) is 0.995. The molecule has 2 rings (SSSR count). The lowest BCUT2D eigenvalue weighted by Crippen LogP contribution is -2.34. The normalized spacial score (nSPS) is 14.4. The van der Waals surface area contributed by atoms with Gasteiger partial charge in [-0.3, -0.25) is 9.59 Å². The first-order valence-corrected chi connectivity index (χ1v) is 6.81. The third-order valence-corrected chi connectivity index (χ3v) is 3.59. The lowest BCUT2D eigenvalue weighted by atomic mass is 10.2. The number of halogens is 1. The minimum atomic E-state index is -1.37. The van der Waals surface area contributed by atoms with Gasteiger partial charge in [0.15, 0.2) is 0 Å². The van der Waals surface area contributed by atoms with Crippen molar-refractivity contribution in [1.82, 2.24) is 4.90 Å². The smallest absolute Gasteiger partial charge is 0.338 e. The maximum atomic E-state index is 13.4. The molecule has 0 unspecified atom stereocenters. The number of carbonyl (C=O) groups excluding carboxylic acids is 2. The summed E-state index contributed by atoms with van der Waals surface area (Å²) >= 11 is 1.42. The van der Waals surface area contributed by atoms with Gasteiger partial charge in [0.05, 0.1) is 17.2 Å². The quantitative estimate of drug-likeness (QED) is 0.866. The molecule has 6 nitrogen and oxygen atoms in total. The first kappa shape index (κ1) is 14.3. The number of carbonyl (C=O) groups is 3. The van der Waals surface area contributed by atoms with Crippen LogP contribution in [0.25, 0.3) is 0 Å². The van der Waals surface area contributed by atoms with E-state index in [1.807, 2.05) is 0 Å². The van der Waals surface area contributed by atoms with Crippen molar-refractivity contribution >= 4 is 35.2 Å². The zero-order valence-electron chi connectivity index (χ0n) is 10.3. The van der Waals surface area contributed by atoms with Crippen molar-refractivity contribution in [3.8, 4) is 0 Å². The van der Waals surface area contributed by atoms with Crippen LogP contribution >= 0.6 is 11.8 Å². The Morgan fingerprint density at radius 3 is 2.75 bits per heavy atom. The van der Waals surface area contributed by atoms with Crippen LogP contribution in [0.3, 0.4) is 0 Å². The maximum absolute atomic E-state index is 13.4. The highest BCUT2D eigenvalue weighted by Gasteiger charge is 2.23. The van der Waals surface area contributed by atoms with E-state index in [0.29, 0.717) is 11.6 Å². The number of rotatable bonds is 4. The Morgan fingerprint density at radius 1 is 1.45 bits per heavy atom. The number of thioether (sulfide) groups is 1. The summed E-state index contributed by atoms with van der Waals surface area (Å²) in [5, 5.41) is 11.1. The second kappa shape index (κ2) is 5.91. The van der Waals surface area contributed by atoms with E-state index in [9.17, 15) is 18.8 Å². The van der Waals surface area contributed by atoms with Crippen LogP contribution in [-0.2, 0) is 9.59 Å². The lowest BCUT2D eigenvalue weighted by molar-refractivity contribution is -0.130. The average molecular weight is 298 g/mol. The Morgan fingerprint density at radius 2 is 2.20 bits per heavy atom. The first-order valence-electron chi connectivity index (χ1n) is 5.65. The molecule has 1 saturated heterocycles. The van der Waals surface area contributed by atoms with Crippen molar-refractivity contribution < 1.29 is 23.9 Å². The number of hydrogen-bond acceptors (Lipinski definition) is 4. The van der Waals surface area contributed by atoms with Gasteiger partial charge in [-0.25, -0.2) is 9.18 Å². The van der Waals surface area contributed by atoms with Crippen LogP contribution in [0.1, 0.15) is 10.4 Å². The second-order valence-corrected chi connectivity index (χ2v) is 5.07. The number of carboxylic acids is 1. The van der Waals surface area contributed by atoms with E-state index in [1.165, 1.54) is 22.7 Å². The van der Waals surface area contributed by atoms with Gasteiger partial charge in [0, 0.05) is 5.69 Å². The van der Waals surface area contributed by atoms with E-state index in [-0.39, 0.29) is 18.1 Å². The van der Waals surface area contributed by atoms with E-state index in [0.717, 1.165) is 12.1 Å². The van der Waals surface area contributed by atoms with Crippen LogP contribution in [0, 0.1) is 5.82 Å². The molecular formula is C12H11FN2O4S. The average Bonchev–Trinajstić information content (AvgIpc) is 2.74. The van der Waals surface area contributed by atoms with Crippen molar-refractivity contribution in [2.45, 2.75) is 0 Å². The summed E-state index contributed by atoms with van der Waals surface area (Å²) < 4.78 is 13.4. The fourth-order valence-corrected chi connectivity index (χ4v) is 2.58. The summed E-state index contributed by atoms with van der Waals surface area (Å²) in [5.74, 6) is -2.06. The van der Waals surface area contributed by atoms with Crippen LogP contribution in [-0.4, -0.2) is 46.0 Å². The minimum absolute atomic E-state index is 0.103. The number of hydrogen-bond donors (Lipinski definition) is 2. The van der Waals surface area contributed by atoms with Gasteiger partial charge in [-0.05, 0) is 18.2 Å². The van der Waals surface area contributed by atoms with Crippen molar-refractivity contribution in [1.29, 1.82) is 0 Å². The van der Waals surface area contributed by atoms with Crippen LogP contribution < -0.4 is 5.32 Å². The summed E-state index contributed by atoms with van der Waals surface area (Å²) in [5.41, 5.74) is -0.314. The Hall–Kier alpha value is -2.09. The van der Waals surface area contributed by atoms with E-state index in [4.69, 9.17) is 5.11 Å². The summed E-state index contributed by atoms with van der Waals surface area (Å²) in [4.78, 5) is 35.1. The van der Waals surface area contributed by atoms with Gasteiger partial charge in [0.2, 0.25) is 11.8 Å². The number of benzene rings is 1. The highest BCUT2D eigenvalue weighted by atomic mass is 32.2. The highest BCUT2D eigenvalue weighted by molar-refractivity contribution is 8.00. The molecule has 1 aliphatic rings. The molecule has 0 spiro atoms. The summed E-state index contributed by atoms with van der Waals surface area (Å²) in [6.07, 6.45) is 0. The molecular weight excluding hydrogens is 287 g/mol. The summed E-state index contributed by atoms with van der Waals surface area (Å²) in [6.45, 7) is -0.103. The maximum Gasteiger partial charge on any atom is 0.338 e. The molecule has 2 amide bonds. The van der Waals surface area contributed by atoms with Crippen LogP contribution in [0.15, 0.2) is 18.2 Å². The fraction of sp³-hybridized carbons (Fsp3) is 0.250. The SMILES string of the molecule is O=C(CN1CSCC1=O)Nc1ccc(C(=O)O)c(F)c1. The van der Waals surface area contributed by atoms with Gasteiger partial charge >= 0.3 is 5.97 Å². The van der Waals surface area contributed by atoms with Gasteiger partial charge < -0.3 is 15.3 Å². The molecule has 0 radical (unpaired) electrons. The molecule has 0 atom stereocenters. The molecule has 1 heterocycles. The van der Waals surface area contributed by atoms with Crippen LogP contribution in [0.5, 0.6) is 0 Å². The zero-order valence-corrected chi connectivity index (χ0v) is 11.1. The third kappa shape index (κ3) is 3.27. The van der Waals surface area contributed by atoms with Crippen molar-refractivity contribution in [2.75, 3.05) is 23.5 Å². The largest absolute Gasteiger partial charge is 0.478 e. The molecule has 8 heteroatoms. The number of nitrogens with one attached hydrogen (secondary N) is 1. The van der Waals surface area contributed by atoms with Crippen molar-refractivity contribution in [3.05, 3.63) is 29.6 Å². The summed E-state index contributed by atoms with van der Waals surface area (Å²) in [7, 11) is 0. The Kier molecular flexibility index (Phi) is 4.23. The number of aromatic carboxylic acids is 1. The Labute approximate surface area is 117 Å². The fourth-order valence-electron chi connectivity index (χ4n) is 1.68. The minimum Gasteiger partial charge on any atom is -0.478 e. The van der Waals surface area contributed by atoms with Gasteiger partial charge in [-0.1, -0.05) is 0 Å². The van der Waals surface area contributed by atoms with Gasteiger partial charge in [-0.15, -0.1) is 11.8 Å². The van der Waals surface area contributed by atoms with Gasteiger partial charge in [0.25, 0.3) is 0 Å². The Balaban J connectivity index is 1.99. The van der Waals surface area contributed by atoms with Gasteiger partial charge in [-0.2, -0.15) is 0 Å². The molecule has 1 aromatic carbocycles. The van der Waals surface area contributed by atoms with Crippen molar-refractivity contribution in [3.63, 3.8) is 0 Å². The zero-order chi connectivity index (χ0) is 14.7. The molecule has 20 heavy (non-hydrogen) atoms. The number of nitrogens with zero attached hydrogens (tertiary/aromatic N) is 1. The molecule has 0 aliphatic carbocycles. The highest BCUT2D eigenvalue weighted by Crippen LogP contribution is 2.16. The van der Waals surface area contributed by atoms with E-state index < -0.39 is 23.3 Å². The molecule has 2 N–H and O–H groups in total. The monoisotopic (exact) mass is 298 g/mol. The van der Waals surface area contributed by atoms with E-state index in [2.05, 4.69) is 5.32 Å². The van der Waals surface area contributed by atoms with Gasteiger partial charge in [0.1, 0.15) is 12.4 Å². The topological polar surface area (TPSA) is 86.7 Å². The molecule has 1 aromatic rings. The van der Waals surface area contributed by atoms with E-state index in [1.54, 1.807) is 0 Å². The molecule has 106 valence electrons. The standard InChI is InChI=1S/C12H11FN2O4S/c13-9-3-7(1-2-8(9)12(18)19)14-10(16)4-15-6-20-5-11(15)17/h1-3H,4-6H2,(H,14,16)(H,18,19).